The highest BCUT2D eigenvalue weighted by Crippen LogP contribution is 2.39. The molecule has 1 amide bonds. The van der Waals surface area contributed by atoms with Crippen molar-refractivity contribution in [1.29, 1.82) is 0 Å². The number of benzene rings is 1. The van der Waals surface area contributed by atoms with Crippen molar-refractivity contribution in [1.82, 2.24) is 14.7 Å². The third-order valence-electron chi connectivity index (χ3n) is 5.71. The molecule has 4 rings (SSSR count). The summed E-state index contributed by atoms with van der Waals surface area (Å²) >= 11 is 0. The summed E-state index contributed by atoms with van der Waals surface area (Å²) in [5, 5.41) is 10.1. The number of likely N-dealkylation sites (tertiary alicyclic amines) is 1. The van der Waals surface area contributed by atoms with E-state index in [0.717, 1.165) is 51.3 Å². The van der Waals surface area contributed by atoms with Crippen LogP contribution < -0.4 is 0 Å². The van der Waals surface area contributed by atoms with Gasteiger partial charge in [-0.15, -0.1) is 0 Å². The summed E-state index contributed by atoms with van der Waals surface area (Å²) in [6, 6.07) is 9.86. The lowest BCUT2D eigenvalue weighted by molar-refractivity contribution is -0.103. The Balaban J connectivity index is 1.57. The third-order valence-corrected chi connectivity index (χ3v) is 5.71. The van der Waals surface area contributed by atoms with Crippen molar-refractivity contribution < 1.29 is 9.90 Å². The maximum absolute atomic E-state index is 12.9. The molecule has 124 valence electrons. The summed E-state index contributed by atoms with van der Waals surface area (Å²) in [5.41, 5.74) is 0.808. The van der Waals surface area contributed by atoms with Crippen molar-refractivity contribution in [2.45, 2.75) is 31.0 Å². The smallest absolute Gasteiger partial charge is 0.253 e. The van der Waals surface area contributed by atoms with E-state index in [1.807, 2.05) is 35.2 Å². The first-order valence-electron chi connectivity index (χ1n) is 8.63. The summed E-state index contributed by atoms with van der Waals surface area (Å²) in [6.45, 7) is 7.51. The molecule has 3 saturated heterocycles. The zero-order valence-corrected chi connectivity index (χ0v) is 13.7. The SMILES string of the molecule is CCN1CC2(C1)CN(C(=O)c1ccccc1)CC1CC(O)CN12. The van der Waals surface area contributed by atoms with Crippen LogP contribution in [0.4, 0.5) is 0 Å². The monoisotopic (exact) mass is 315 g/mol. The van der Waals surface area contributed by atoms with E-state index in [-0.39, 0.29) is 17.6 Å². The first-order valence-corrected chi connectivity index (χ1v) is 8.63. The predicted octanol–water partition coefficient (Wildman–Crippen LogP) is 0.652. The van der Waals surface area contributed by atoms with Crippen LogP contribution >= 0.6 is 0 Å². The van der Waals surface area contributed by atoms with Gasteiger partial charge in [0.2, 0.25) is 0 Å². The van der Waals surface area contributed by atoms with Crippen molar-refractivity contribution in [2.24, 2.45) is 0 Å². The van der Waals surface area contributed by atoms with E-state index in [2.05, 4.69) is 16.7 Å². The molecule has 2 atom stereocenters. The highest BCUT2D eigenvalue weighted by Gasteiger charge is 2.56. The van der Waals surface area contributed by atoms with Gasteiger partial charge in [0, 0.05) is 44.3 Å². The minimum absolute atomic E-state index is 0.0425. The number of nitrogens with zero attached hydrogens (tertiary/aromatic N) is 3. The first-order chi connectivity index (χ1) is 11.1. The van der Waals surface area contributed by atoms with E-state index < -0.39 is 0 Å². The fourth-order valence-corrected chi connectivity index (χ4v) is 4.62. The van der Waals surface area contributed by atoms with E-state index >= 15 is 0 Å². The highest BCUT2D eigenvalue weighted by atomic mass is 16.3. The van der Waals surface area contributed by atoms with E-state index in [1.54, 1.807) is 0 Å². The van der Waals surface area contributed by atoms with Gasteiger partial charge >= 0.3 is 0 Å². The van der Waals surface area contributed by atoms with Crippen LogP contribution in [-0.4, -0.2) is 82.7 Å². The molecular weight excluding hydrogens is 290 g/mol. The lowest BCUT2D eigenvalue weighted by atomic mass is 9.83. The summed E-state index contributed by atoms with van der Waals surface area (Å²) in [4.78, 5) is 19.8. The van der Waals surface area contributed by atoms with Crippen molar-refractivity contribution in [3.8, 4) is 0 Å². The van der Waals surface area contributed by atoms with Gasteiger partial charge in [-0.05, 0) is 25.1 Å². The number of rotatable bonds is 2. The molecule has 3 heterocycles. The second-order valence-corrected chi connectivity index (χ2v) is 7.28. The molecular formula is C18H25N3O2. The molecule has 0 radical (unpaired) electrons. The second kappa shape index (κ2) is 5.58. The Morgan fingerprint density at radius 2 is 1.96 bits per heavy atom. The summed E-state index contributed by atoms with van der Waals surface area (Å²) in [6.07, 6.45) is 0.534. The standard InChI is InChI=1S/C18H25N3O2/c1-2-19-11-18(12-19)13-20(9-15-8-16(22)10-21(15)18)17(23)14-6-4-3-5-7-14/h3-7,15-16,22H,2,8-13H2,1H3. The number of likely N-dealkylation sites (N-methyl/N-ethyl adjacent to an activating group) is 1. The van der Waals surface area contributed by atoms with Gasteiger partial charge in [-0.25, -0.2) is 0 Å². The number of piperazine rings is 1. The molecule has 0 aromatic heterocycles. The number of carbonyl (C=O) groups excluding carboxylic acids is 1. The topological polar surface area (TPSA) is 47.0 Å². The Morgan fingerprint density at radius 1 is 1.22 bits per heavy atom. The maximum atomic E-state index is 12.9. The van der Waals surface area contributed by atoms with Crippen LogP contribution in [0.5, 0.6) is 0 Å². The maximum Gasteiger partial charge on any atom is 0.253 e. The van der Waals surface area contributed by atoms with Crippen LogP contribution in [0.1, 0.15) is 23.7 Å². The Kier molecular flexibility index (Phi) is 3.67. The van der Waals surface area contributed by atoms with E-state index in [1.165, 1.54) is 0 Å². The molecule has 3 aliphatic rings. The number of hydrogen-bond donors (Lipinski definition) is 1. The normalized spacial score (nSPS) is 30.3. The molecule has 3 aliphatic heterocycles. The van der Waals surface area contributed by atoms with Crippen molar-refractivity contribution in [3.63, 3.8) is 0 Å². The number of aliphatic hydroxyl groups is 1. The largest absolute Gasteiger partial charge is 0.392 e. The molecule has 0 saturated carbocycles. The first kappa shape index (κ1) is 15.1. The summed E-state index contributed by atoms with van der Waals surface area (Å²) in [7, 11) is 0. The minimum atomic E-state index is -0.251. The van der Waals surface area contributed by atoms with Crippen LogP contribution in [-0.2, 0) is 0 Å². The molecule has 23 heavy (non-hydrogen) atoms. The lowest BCUT2D eigenvalue weighted by Gasteiger charge is -2.61. The van der Waals surface area contributed by atoms with E-state index in [0.29, 0.717) is 6.04 Å². The van der Waals surface area contributed by atoms with Gasteiger partial charge in [0.25, 0.3) is 5.91 Å². The van der Waals surface area contributed by atoms with Gasteiger partial charge in [0.05, 0.1) is 11.6 Å². The Bertz CT molecular complexity index is 585. The zero-order chi connectivity index (χ0) is 16.0. The van der Waals surface area contributed by atoms with Crippen LogP contribution in [0.3, 0.4) is 0 Å². The number of amides is 1. The van der Waals surface area contributed by atoms with Gasteiger partial charge in [-0.2, -0.15) is 0 Å². The van der Waals surface area contributed by atoms with Gasteiger partial charge in [-0.3, -0.25) is 14.6 Å². The number of carbonyl (C=O) groups is 1. The molecule has 3 fully saturated rings. The molecule has 1 aromatic rings. The van der Waals surface area contributed by atoms with E-state index in [4.69, 9.17) is 0 Å². The minimum Gasteiger partial charge on any atom is -0.392 e. The average molecular weight is 315 g/mol. The Morgan fingerprint density at radius 3 is 2.65 bits per heavy atom. The quantitative estimate of drug-likeness (QED) is 0.871. The van der Waals surface area contributed by atoms with Crippen molar-refractivity contribution >= 4 is 5.91 Å². The fourth-order valence-electron chi connectivity index (χ4n) is 4.62. The lowest BCUT2D eigenvalue weighted by Crippen LogP contribution is -2.78. The van der Waals surface area contributed by atoms with E-state index in [9.17, 15) is 9.90 Å². The molecule has 1 spiro atoms. The molecule has 5 nitrogen and oxygen atoms in total. The fraction of sp³-hybridized carbons (Fsp3) is 0.611. The molecule has 1 N–H and O–H groups in total. The Labute approximate surface area is 137 Å². The number of aliphatic hydroxyl groups excluding tert-OH is 1. The van der Waals surface area contributed by atoms with Crippen LogP contribution in [0.2, 0.25) is 0 Å². The molecule has 0 bridgehead atoms. The second-order valence-electron chi connectivity index (χ2n) is 7.28. The molecule has 2 unspecified atom stereocenters. The summed E-state index contributed by atoms with van der Waals surface area (Å²) < 4.78 is 0. The molecule has 0 aliphatic carbocycles. The third kappa shape index (κ3) is 2.47. The number of fused-ring (bicyclic) bond motifs is 2. The van der Waals surface area contributed by atoms with Gasteiger partial charge < -0.3 is 10.0 Å². The van der Waals surface area contributed by atoms with Crippen LogP contribution in [0.25, 0.3) is 0 Å². The van der Waals surface area contributed by atoms with Crippen molar-refractivity contribution in [2.75, 3.05) is 39.3 Å². The number of β-amino-alcohol motifs (C(OH)–C–C–N with tert-alkyl or cyclic N) is 1. The molecule has 5 heteroatoms. The van der Waals surface area contributed by atoms with Crippen molar-refractivity contribution in [3.05, 3.63) is 35.9 Å². The van der Waals surface area contributed by atoms with Crippen LogP contribution in [0, 0.1) is 0 Å². The number of hydrogen-bond acceptors (Lipinski definition) is 4. The predicted molar refractivity (Wildman–Crippen MR) is 88.3 cm³/mol. The Hall–Kier alpha value is -1.43. The highest BCUT2D eigenvalue weighted by molar-refractivity contribution is 5.94. The van der Waals surface area contributed by atoms with Gasteiger partial charge in [0.1, 0.15) is 0 Å². The molecule has 1 aromatic carbocycles. The average Bonchev–Trinajstić information content (AvgIpc) is 2.92. The van der Waals surface area contributed by atoms with Crippen LogP contribution in [0.15, 0.2) is 30.3 Å². The van der Waals surface area contributed by atoms with Gasteiger partial charge in [-0.1, -0.05) is 25.1 Å². The summed E-state index contributed by atoms with van der Waals surface area (Å²) in [5.74, 6) is 0.126. The van der Waals surface area contributed by atoms with Gasteiger partial charge in [0.15, 0.2) is 0 Å². The zero-order valence-electron chi connectivity index (χ0n) is 13.7.